The number of ether oxygens (including phenoxy) is 1. The molecular weight excluding hydrogens is 496 g/mol. The Labute approximate surface area is 200 Å². The van der Waals surface area contributed by atoms with Crippen molar-refractivity contribution in [1.29, 1.82) is 0 Å². The number of halogens is 1. The summed E-state index contributed by atoms with van der Waals surface area (Å²) in [5.41, 5.74) is -3.72. The van der Waals surface area contributed by atoms with Gasteiger partial charge in [0.25, 0.3) is 0 Å². The summed E-state index contributed by atoms with van der Waals surface area (Å²) < 4.78 is 3.73. The van der Waals surface area contributed by atoms with E-state index in [1.807, 2.05) is 0 Å². The standard InChI is InChI=1S/C24H31BrO8/c1-11-7-14-18-20(31)19(30)15-8-13(27)5-6-21(15,3)23(18,25)16(28)9-22(14,4)24(11,32)17(29)10-33-12(2)26/h5-6,8,11,14,16,18-20,28,30-32H,7,9-10H2,1-4H3/t11-,14-,16-,18+,19-,20+,21-,22-,23+,24-/m0/s1. The van der Waals surface area contributed by atoms with Gasteiger partial charge >= 0.3 is 5.97 Å². The molecule has 0 unspecified atom stereocenters. The van der Waals surface area contributed by atoms with Gasteiger partial charge < -0.3 is 25.2 Å². The molecule has 33 heavy (non-hydrogen) atoms. The second-order valence-corrected chi connectivity index (χ2v) is 11.9. The maximum absolute atomic E-state index is 13.2. The van der Waals surface area contributed by atoms with Crippen molar-refractivity contribution in [2.45, 2.75) is 68.8 Å². The summed E-state index contributed by atoms with van der Waals surface area (Å²) in [5.74, 6) is -3.35. The molecule has 0 amide bonds. The molecule has 0 spiro atoms. The lowest BCUT2D eigenvalue weighted by atomic mass is 9.44. The van der Waals surface area contributed by atoms with Crippen LogP contribution in [-0.4, -0.2) is 72.8 Å². The molecule has 4 rings (SSSR count). The molecule has 182 valence electrons. The monoisotopic (exact) mass is 526 g/mol. The van der Waals surface area contributed by atoms with Crippen LogP contribution in [0.5, 0.6) is 0 Å². The smallest absolute Gasteiger partial charge is 0.303 e. The number of carbonyl (C=O) groups excluding carboxylic acids is 3. The Hall–Kier alpha value is -1.39. The number of aliphatic hydroxyl groups excluding tert-OH is 3. The molecule has 0 saturated heterocycles. The van der Waals surface area contributed by atoms with E-state index in [0.717, 1.165) is 0 Å². The Morgan fingerprint density at radius 3 is 2.48 bits per heavy atom. The molecule has 3 fully saturated rings. The molecule has 0 bridgehead atoms. The molecule has 0 heterocycles. The summed E-state index contributed by atoms with van der Waals surface area (Å²) in [4.78, 5) is 36.5. The molecule has 0 aromatic rings. The van der Waals surface area contributed by atoms with Crippen LogP contribution in [0.2, 0.25) is 0 Å². The van der Waals surface area contributed by atoms with Crippen LogP contribution in [0, 0.1) is 28.6 Å². The summed E-state index contributed by atoms with van der Waals surface area (Å²) in [5, 5.41) is 45.7. The number of fused-ring (bicyclic) bond motifs is 5. The molecule has 3 saturated carbocycles. The Balaban J connectivity index is 1.84. The molecule has 10 atom stereocenters. The number of ketones is 2. The van der Waals surface area contributed by atoms with Gasteiger partial charge in [0.15, 0.2) is 12.4 Å². The first kappa shape index (κ1) is 24.7. The number of hydrogen-bond donors (Lipinski definition) is 4. The van der Waals surface area contributed by atoms with Crippen molar-refractivity contribution in [2.24, 2.45) is 28.6 Å². The molecule has 4 aliphatic rings. The third kappa shape index (κ3) is 2.92. The lowest BCUT2D eigenvalue weighted by Crippen LogP contribution is -2.73. The van der Waals surface area contributed by atoms with Gasteiger partial charge in [0.1, 0.15) is 11.7 Å². The average molecular weight is 527 g/mol. The first-order valence-electron chi connectivity index (χ1n) is 11.2. The highest BCUT2D eigenvalue weighted by Crippen LogP contribution is 2.71. The Kier molecular flexibility index (Phi) is 5.66. The summed E-state index contributed by atoms with van der Waals surface area (Å²) in [6.07, 6.45) is 0.897. The predicted octanol–water partition coefficient (Wildman–Crippen LogP) is 0.833. The van der Waals surface area contributed by atoms with Gasteiger partial charge in [-0.05, 0) is 42.4 Å². The second-order valence-electron chi connectivity index (χ2n) is 10.6. The topological polar surface area (TPSA) is 141 Å². The van der Waals surface area contributed by atoms with Crippen molar-refractivity contribution in [3.63, 3.8) is 0 Å². The van der Waals surface area contributed by atoms with Crippen LogP contribution in [0.4, 0.5) is 0 Å². The van der Waals surface area contributed by atoms with Crippen molar-refractivity contribution in [2.75, 3.05) is 6.61 Å². The van der Waals surface area contributed by atoms with Crippen LogP contribution in [0.3, 0.4) is 0 Å². The van der Waals surface area contributed by atoms with E-state index in [0.29, 0.717) is 12.0 Å². The van der Waals surface area contributed by atoms with Gasteiger partial charge in [-0.2, -0.15) is 0 Å². The molecule has 9 heteroatoms. The van der Waals surface area contributed by atoms with E-state index < -0.39 is 75.2 Å². The Morgan fingerprint density at radius 1 is 1.24 bits per heavy atom. The van der Waals surface area contributed by atoms with E-state index in [9.17, 15) is 34.8 Å². The maximum atomic E-state index is 13.2. The summed E-state index contributed by atoms with van der Waals surface area (Å²) in [6.45, 7) is 5.85. The number of esters is 1. The Bertz CT molecular complexity index is 976. The highest BCUT2D eigenvalue weighted by atomic mass is 79.9. The molecule has 0 aromatic heterocycles. The molecular formula is C24H31BrO8. The molecule has 0 aromatic carbocycles. The minimum Gasteiger partial charge on any atom is -0.458 e. The SMILES string of the molecule is CC(=O)OCC(=O)[C@@]1(O)[C@@H](C)C[C@H]2[C@@H]3[C@@H](O)[C@@H](O)C4=CC(=O)C=C[C@]4(C)[C@@]3(Br)[C@@H](O)C[C@@]21C. The Morgan fingerprint density at radius 2 is 1.88 bits per heavy atom. The summed E-state index contributed by atoms with van der Waals surface area (Å²) in [7, 11) is 0. The van der Waals surface area contributed by atoms with E-state index in [-0.39, 0.29) is 12.2 Å². The van der Waals surface area contributed by atoms with Crippen LogP contribution in [-0.2, 0) is 19.1 Å². The second kappa shape index (κ2) is 7.55. The number of allylic oxidation sites excluding steroid dienone is 3. The summed E-state index contributed by atoms with van der Waals surface area (Å²) >= 11 is 3.77. The van der Waals surface area contributed by atoms with Gasteiger partial charge in [-0.3, -0.25) is 14.4 Å². The highest BCUT2D eigenvalue weighted by molar-refractivity contribution is 9.10. The van der Waals surface area contributed by atoms with E-state index in [1.54, 1.807) is 26.8 Å². The number of aliphatic hydroxyl groups is 4. The first-order chi connectivity index (χ1) is 15.2. The van der Waals surface area contributed by atoms with Crippen LogP contribution < -0.4 is 0 Å². The van der Waals surface area contributed by atoms with Crippen LogP contribution in [0.15, 0.2) is 23.8 Å². The van der Waals surface area contributed by atoms with E-state index in [4.69, 9.17) is 4.74 Å². The number of alkyl halides is 1. The van der Waals surface area contributed by atoms with Gasteiger partial charge in [-0.1, -0.05) is 42.8 Å². The van der Waals surface area contributed by atoms with Crippen molar-refractivity contribution in [3.05, 3.63) is 23.8 Å². The number of Topliss-reactive ketones (excluding diaryl/α,β-unsaturated/α-hetero) is 1. The quantitative estimate of drug-likeness (QED) is 0.313. The predicted molar refractivity (Wildman–Crippen MR) is 120 cm³/mol. The first-order valence-corrected chi connectivity index (χ1v) is 12.0. The molecule has 4 N–H and O–H groups in total. The van der Waals surface area contributed by atoms with Gasteiger partial charge in [0, 0.05) is 23.7 Å². The minimum atomic E-state index is -1.90. The fourth-order valence-corrected chi connectivity index (χ4v) is 8.55. The van der Waals surface area contributed by atoms with Gasteiger partial charge in [-0.15, -0.1) is 0 Å². The van der Waals surface area contributed by atoms with Crippen molar-refractivity contribution < 1.29 is 39.5 Å². The molecule has 0 aliphatic heterocycles. The normalized spacial score (nSPS) is 50.7. The number of hydrogen-bond acceptors (Lipinski definition) is 8. The zero-order valence-electron chi connectivity index (χ0n) is 19.1. The lowest BCUT2D eigenvalue weighted by Gasteiger charge is -2.66. The van der Waals surface area contributed by atoms with Gasteiger partial charge in [0.2, 0.25) is 5.78 Å². The van der Waals surface area contributed by atoms with Crippen molar-refractivity contribution in [3.8, 4) is 0 Å². The van der Waals surface area contributed by atoms with Crippen LogP contribution in [0.25, 0.3) is 0 Å². The maximum Gasteiger partial charge on any atom is 0.303 e. The van der Waals surface area contributed by atoms with Crippen molar-refractivity contribution in [1.82, 2.24) is 0 Å². The van der Waals surface area contributed by atoms with Crippen LogP contribution in [0.1, 0.15) is 40.5 Å². The van der Waals surface area contributed by atoms with Crippen molar-refractivity contribution >= 4 is 33.5 Å². The fraction of sp³-hybridized carbons (Fsp3) is 0.708. The summed E-state index contributed by atoms with van der Waals surface area (Å²) in [6, 6.07) is 0. The van der Waals surface area contributed by atoms with Gasteiger partial charge in [-0.25, -0.2) is 0 Å². The molecule has 8 nitrogen and oxygen atoms in total. The van der Waals surface area contributed by atoms with E-state index in [1.165, 1.54) is 19.1 Å². The third-order valence-electron chi connectivity index (χ3n) is 9.15. The third-order valence-corrected chi connectivity index (χ3v) is 11.0. The zero-order chi connectivity index (χ0) is 24.7. The number of carbonyl (C=O) groups is 3. The minimum absolute atomic E-state index is 0.0273. The van der Waals surface area contributed by atoms with E-state index in [2.05, 4.69) is 15.9 Å². The van der Waals surface area contributed by atoms with Gasteiger partial charge in [0.05, 0.1) is 16.5 Å². The molecule has 0 radical (unpaired) electrons. The highest BCUT2D eigenvalue weighted by Gasteiger charge is 2.76. The fourth-order valence-electron chi connectivity index (χ4n) is 7.44. The van der Waals surface area contributed by atoms with E-state index >= 15 is 0 Å². The number of rotatable bonds is 3. The molecule has 4 aliphatic carbocycles. The zero-order valence-corrected chi connectivity index (χ0v) is 20.7. The average Bonchev–Trinajstić information content (AvgIpc) is 2.93. The lowest BCUT2D eigenvalue weighted by molar-refractivity contribution is -0.196. The van der Waals surface area contributed by atoms with Crippen LogP contribution >= 0.6 is 15.9 Å². The largest absolute Gasteiger partial charge is 0.458 e.